The number of aliphatic hydroxyl groups excluding tert-OH is 4. The molecule has 178 valence electrons. The molecule has 1 rings (SSSR count). The Balaban J connectivity index is 2.58. The van der Waals surface area contributed by atoms with Gasteiger partial charge in [-0.2, -0.15) is 8.42 Å². The standard InChI is InChI=1S/C16H31NO10S3/c1-29(22)9-7-5-3-2-4-6-8-12(17-27-30(23,24)25)28-16-15(21)14(20)13(19)11(10-18)26-16/h11,13-16,18-21H,2-10H2,1H3,(H,23,24,25)/p-1/b17-12+/t11-,13-,14+,15-,16+,29?/m1/s1. The molecule has 0 aliphatic carbocycles. The Hall–Kier alpha value is -0.320. The molecule has 0 bridgehead atoms. The van der Waals surface area contributed by atoms with Crippen LogP contribution in [0.25, 0.3) is 0 Å². The van der Waals surface area contributed by atoms with Crippen LogP contribution in [0, 0.1) is 0 Å². The summed E-state index contributed by atoms with van der Waals surface area (Å²) in [5.41, 5.74) is -1.16. The highest BCUT2D eigenvalue weighted by atomic mass is 32.3. The molecule has 0 aromatic rings. The monoisotopic (exact) mass is 492 g/mol. The lowest BCUT2D eigenvalue weighted by atomic mass is 10.0. The van der Waals surface area contributed by atoms with E-state index in [1.54, 1.807) is 6.26 Å². The van der Waals surface area contributed by atoms with Gasteiger partial charge >= 0.3 is 0 Å². The molecule has 0 amide bonds. The molecule has 1 heterocycles. The Bertz CT molecular complexity index is 658. The van der Waals surface area contributed by atoms with Gasteiger partial charge in [0.05, 0.1) is 6.61 Å². The SMILES string of the molecule is CS(=O)CCCCCCCC/C(=N\OS(=O)(=O)[O-])S[C@@H]1O[C@H](CO)[C@@H](O)[C@H](O)[C@H]1O. The summed E-state index contributed by atoms with van der Waals surface area (Å²) in [7, 11) is -5.86. The lowest BCUT2D eigenvalue weighted by Gasteiger charge is -2.39. The Kier molecular flexibility index (Phi) is 12.9. The summed E-state index contributed by atoms with van der Waals surface area (Å²) in [6.45, 7) is -0.606. The number of thioether (sulfide) groups is 1. The van der Waals surface area contributed by atoms with E-state index >= 15 is 0 Å². The highest BCUT2D eigenvalue weighted by Gasteiger charge is 2.44. The highest BCUT2D eigenvalue weighted by molar-refractivity contribution is 8.14. The molecule has 6 atom stereocenters. The maximum atomic E-state index is 11.0. The number of nitrogens with zero attached hydrogens (tertiary/aromatic N) is 1. The Morgan fingerprint density at radius 1 is 1.10 bits per heavy atom. The third kappa shape index (κ3) is 10.8. The fraction of sp³-hybridized carbons (Fsp3) is 0.938. The van der Waals surface area contributed by atoms with Crippen LogP contribution in [-0.2, 0) is 30.2 Å². The number of aliphatic hydroxyl groups is 4. The van der Waals surface area contributed by atoms with E-state index in [1.165, 1.54) is 0 Å². The molecule has 4 N–H and O–H groups in total. The van der Waals surface area contributed by atoms with E-state index in [9.17, 15) is 37.6 Å². The first-order valence-electron chi connectivity index (χ1n) is 9.53. The third-order valence-corrected chi connectivity index (χ3v) is 6.70. The molecule has 0 aromatic carbocycles. The summed E-state index contributed by atoms with van der Waals surface area (Å²) >= 11 is 0.748. The minimum absolute atomic E-state index is 0.0557. The van der Waals surface area contributed by atoms with Gasteiger partial charge in [-0.05, 0) is 19.3 Å². The summed E-state index contributed by atoms with van der Waals surface area (Å²) in [6.07, 6.45) is 1.20. The molecule has 1 saturated heterocycles. The smallest absolute Gasteiger partial charge is 0.284 e. The van der Waals surface area contributed by atoms with Gasteiger partial charge in [0.25, 0.3) is 10.4 Å². The first-order valence-corrected chi connectivity index (χ1v) is 13.5. The van der Waals surface area contributed by atoms with Gasteiger partial charge in [-0.1, -0.05) is 42.6 Å². The van der Waals surface area contributed by atoms with Crippen molar-refractivity contribution in [2.45, 2.75) is 74.8 Å². The number of hydrogen-bond donors (Lipinski definition) is 4. The van der Waals surface area contributed by atoms with Crippen LogP contribution in [0.15, 0.2) is 5.16 Å². The van der Waals surface area contributed by atoms with Crippen molar-refractivity contribution in [2.24, 2.45) is 5.16 Å². The minimum atomic E-state index is -5.07. The molecular weight excluding hydrogens is 462 g/mol. The molecule has 0 saturated carbocycles. The summed E-state index contributed by atoms with van der Waals surface area (Å²) < 4.78 is 52.4. The molecule has 1 aliphatic heterocycles. The zero-order valence-corrected chi connectivity index (χ0v) is 19.1. The summed E-state index contributed by atoms with van der Waals surface area (Å²) in [6, 6.07) is 0. The van der Waals surface area contributed by atoms with Gasteiger partial charge in [0, 0.05) is 22.8 Å². The molecule has 30 heavy (non-hydrogen) atoms. The molecule has 11 nitrogen and oxygen atoms in total. The normalized spacial score (nSPS) is 29.0. The molecule has 14 heteroatoms. The summed E-state index contributed by atoms with van der Waals surface area (Å²) in [5.74, 6) is 0.674. The second-order valence-corrected chi connectivity index (χ2v) is 10.6. The van der Waals surface area contributed by atoms with Gasteiger partial charge in [0.2, 0.25) is 0 Å². The number of oxime groups is 1. The van der Waals surface area contributed by atoms with E-state index in [1.807, 2.05) is 0 Å². The number of hydrogen-bond acceptors (Lipinski definition) is 12. The van der Waals surface area contributed by atoms with Crippen molar-refractivity contribution >= 4 is 38.0 Å². The van der Waals surface area contributed by atoms with Gasteiger partial charge in [0.1, 0.15) is 34.9 Å². The van der Waals surface area contributed by atoms with Gasteiger partial charge in [-0.15, -0.1) is 0 Å². The Labute approximate surface area is 183 Å². The van der Waals surface area contributed by atoms with Crippen molar-refractivity contribution < 1.29 is 46.6 Å². The van der Waals surface area contributed by atoms with Crippen molar-refractivity contribution in [3.8, 4) is 0 Å². The van der Waals surface area contributed by atoms with E-state index in [0.717, 1.165) is 43.9 Å². The topological polar surface area (TPSA) is 186 Å². The van der Waals surface area contributed by atoms with Crippen molar-refractivity contribution in [1.29, 1.82) is 0 Å². The zero-order chi connectivity index (χ0) is 22.7. The van der Waals surface area contributed by atoms with E-state index in [4.69, 9.17) is 4.74 Å². The molecule has 1 unspecified atom stereocenters. The molecular formula is C16H30NO10S3-. The van der Waals surface area contributed by atoms with Crippen LogP contribution in [0.3, 0.4) is 0 Å². The van der Waals surface area contributed by atoms with Crippen molar-refractivity contribution in [3.05, 3.63) is 0 Å². The van der Waals surface area contributed by atoms with E-state index in [0.29, 0.717) is 12.2 Å². The number of rotatable bonds is 13. The van der Waals surface area contributed by atoms with E-state index in [-0.39, 0.29) is 11.5 Å². The Morgan fingerprint density at radius 2 is 1.70 bits per heavy atom. The quantitative estimate of drug-likeness (QED) is 0.0643. The van der Waals surface area contributed by atoms with E-state index < -0.39 is 57.7 Å². The van der Waals surface area contributed by atoms with Gasteiger partial charge in [-0.3, -0.25) is 8.49 Å². The number of unbranched alkanes of at least 4 members (excludes halogenated alkanes) is 5. The molecule has 0 aromatic heterocycles. The fourth-order valence-electron chi connectivity index (χ4n) is 2.80. The van der Waals surface area contributed by atoms with Crippen LogP contribution in [0.1, 0.15) is 44.9 Å². The minimum Gasteiger partial charge on any atom is -0.714 e. The average molecular weight is 493 g/mol. The zero-order valence-electron chi connectivity index (χ0n) is 16.7. The lowest BCUT2D eigenvalue weighted by Crippen LogP contribution is -2.57. The number of ether oxygens (including phenoxy) is 1. The molecule has 0 radical (unpaired) electrons. The predicted molar refractivity (Wildman–Crippen MR) is 111 cm³/mol. The largest absolute Gasteiger partial charge is 0.714 e. The van der Waals surface area contributed by atoms with Gasteiger partial charge in [-0.25, -0.2) is 0 Å². The first-order chi connectivity index (χ1) is 14.0. The van der Waals surface area contributed by atoms with Crippen LogP contribution in [0.2, 0.25) is 0 Å². The van der Waals surface area contributed by atoms with E-state index in [2.05, 4.69) is 9.44 Å². The average Bonchev–Trinajstić information content (AvgIpc) is 2.67. The second kappa shape index (κ2) is 14.0. The van der Waals surface area contributed by atoms with Crippen molar-refractivity contribution in [3.63, 3.8) is 0 Å². The van der Waals surface area contributed by atoms with Crippen LogP contribution < -0.4 is 0 Å². The second-order valence-electron chi connectivity index (χ2n) is 6.93. The third-order valence-electron chi connectivity index (χ3n) is 4.40. The summed E-state index contributed by atoms with van der Waals surface area (Å²) in [5, 5.41) is 42.4. The molecule has 1 aliphatic rings. The van der Waals surface area contributed by atoms with Gasteiger partial charge < -0.3 is 29.7 Å². The summed E-state index contributed by atoms with van der Waals surface area (Å²) in [4.78, 5) is 0. The lowest BCUT2D eigenvalue weighted by molar-refractivity contribution is -0.205. The maximum Gasteiger partial charge on any atom is 0.284 e. The maximum absolute atomic E-state index is 11.0. The highest BCUT2D eigenvalue weighted by Crippen LogP contribution is 2.30. The van der Waals surface area contributed by atoms with Gasteiger partial charge in [0.15, 0.2) is 0 Å². The van der Waals surface area contributed by atoms with Crippen molar-refractivity contribution in [2.75, 3.05) is 18.6 Å². The first kappa shape index (κ1) is 27.7. The predicted octanol–water partition coefficient (Wildman–Crippen LogP) is -0.581. The van der Waals surface area contributed by atoms with Crippen LogP contribution in [0.4, 0.5) is 0 Å². The van der Waals surface area contributed by atoms with Crippen molar-refractivity contribution in [1.82, 2.24) is 0 Å². The Morgan fingerprint density at radius 3 is 2.27 bits per heavy atom. The van der Waals surface area contributed by atoms with Crippen LogP contribution in [0.5, 0.6) is 0 Å². The molecule has 0 spiro atoms. The van der Waals surface area contributed by atoms with Crippen LogP contribution >= 0.6 is 11.8 Å². The molecule has 1 fully saturated rings. The fourth-order valence-corrected chi connectivity index (χ4v) is 4.75. The van der Waals surface area contributed by atoms with Crippen LogP contribution in [-0.4, -0.2) is 91.1 Å².